The Kier molecular flexibility index (Phi) is 8.52. The van der Waals surface area contributed by atoms with Crippen molar-refractivity contribution in [1.82, 2.24) is 0 Å². The van der Waals surface area contributed by atoms with E-state index in [9.17, 15) is 13.2 Å². The number of quaternary nitrogens is 1. The smallest absolute Gasteiger partial charge is 0.120 e. The predicted molar refractivity (Wildman–Crippen MR) is 128 cm³/mol. The molecule has 0 saturated carbocycles. The van der Waals surface area contributed by atoms with Gasteiger partial charge in [-0.05, 0) is 18.2 Å². The molecule has 0 aliphatic carbocycles. The SMILES string of the molecule is CCCC[B-](c1cccc(F)c1)(c1cccc(F)c1)c1cccc(F)c1.C[N+](C)(C)C. The van der Waals surface area contributed by atoms with Crippen molar-refractivity contribution in [3.8, 4) is 0 Å². The van der Waals surface area contributed by atoms with Gasteiger partial charge in [-0.2, -0.15) is 22.7 Å². The van der Waals surface area contributed by atoms with Crippen LogP contribution in [0.5, 0.6) is 0 Å². The summed E-state index contributed by atoms with van der Waals surface area (Å²) < 4.78 is 43.2. The van der Waals surface area contributed by atoms with E-state index in [4.69, 9.17) is 0 Å². The standard InChI is InChI=1S/C22H21BF3.C4H12N/c1-2-3-13-23(17-7-4-10-20(24)14-17,18-8-5-11-21(25)15-18)19-9-6-12-22(26)16-19;1-5(2,3)4/h4-12,14-16H,2-3,13H2,1H3;1-4H3/q-1;+1. The van der Waals surface area contributed by atoms with Crippen LogP contribution in [-0.4, -0.2) is 38.8 Å². The molecule has 3 rings (SSSR count). The Balaban J connectivity index is 0.000000614. The van der Waals surface area contributed by atoms with E-state index in [0.29, 0.717) is 6.32 Å². The third-order valence-electron chi connectivity index (χ3n) is 5.24. The van der Waals surface area contributed by atoms with Gasteiger partial charge in [-0.3, -0.25) is 0 Å². The second kappa shape index (κ2) is 10.7. The van der Waals surface area contributed by atoms with Crippen molar-refractivity contribution in [2.24, 2.45) is 0 Å². The van der Waals surface area contributed by atoms with Crippen LogP contribution < -0.4 is 16.4 Å². The van der Waals surface area contributed by atoms with Crippen molar-refractivity contribution in [3.05, 3.63) is 90.2 Å². The summed E-state index contributed by atoms with van der Waals surface area (Å²) in [6, 6.07) is 19.2. The molecule has 0 heterocycles. The fraction of sp³-hybridized carbons (Fsp3) is 0.308. The molecule has 5 heteroatoms. The molecule has 0 aromatic heterocycles. The van der Waals surface area contributed by atoms with Crippen LogP contribution in [0.25, 0.3) is 0 Å². The van der Waals surface area contributed by atoms with Gasteiger partial charge in [0, 0.05) is 0 Å². The summed E-state index contributed by atoms with van der Waals surface area (Å²) in [4.78, 5) is 0. The van der Waals surface area contributed by atoms with Gasteiger partial charge in [-0.1, -0.05) is 74.4 Å². The molecule has 0 aliphatic heterocycles. The topological polar surface area (TPSA) is 0 Å². The molecule has 3 aromatic rings. The number of halogens is 3. The van der Waals surface area contributed by atoms with E-state index in [1.807, 2.05) is 18.2 Å². The maximum absolute atomic E-state index is 14.1. The Morgan fingerprint density at radius 1 is 0.645 bits per heavy atom. The van der Waals surface area contributed by atoms with Crippen LogP contribution >= 0.6 is 0 Å². The Morgan fingerprint density at radius 2 is 0.968 bits per heavy atom. The number of nitrogens with zero attached hydrogens (tertiary/aromatic N) is 1. The maximum atomic E-state index is 14.1. The molecule has 0 aliphatic rings. The molecule has 0 unspecified atom stereocenters. The molecule has 0 amide bonds. The second-order valence-corrected chi connectivity index (χ2v) is 9.54. The zero-order valence-electron chi connectivity index (χ0n) is 19.2. The van der Waals surface area contributed by atoms with Gasteiger partial charge in [-0.15, -0.1) is 0 Å². The van der Waals surface area contributed by atoms with Gasteiger partial charge in [0.1, 0.15) is 17.5 Å². The minimum Gasteiger partial charge on any atom is -0.333 e. The van der Waals surface area contributed by atoms with Crippen molar-refractivity contribution >= 4 is 22.5 Å². The van der Waals surface area contributed by atoms with E-state index in [0.717, 1.165) is 33.7 Å². The Labute approximate surface area is 185 Å². The molecular formula is C26H33BF3N. The lowest BCUT2D eigenvalue weighted by atomic mass is 9.14. The normalized spacial score (nSPS) is 11.6. The summed E-state index contributed by atoms with van der Waals surface area (Å²) in [5, 5.41) is 0. The number of hydrogen-bond donors (Lipinski definition) is 0. The first-order valence-corrected chi connectivity index (χ1v) is 10.8. The average molecular weight is 427 g/mol. The van der Waals surface area contributed by atoms with Crippen LogP contribution in [0.1, 0.15) is 19.8 Å². The van der Waals surface area contributed by atoms with Gasteiger partial charge >= 0.3 is 0 Å². The quantitative estimate of drug-likeness (QED) is 0.395. The Morgan fingerprint density at radius 3 is 1.23 bits per heavy atom. The summed E-state index contributed by atoms with van der Waals surface area (Å²) in [6.07, 6.45) is 0.795. The Hall–Kier alpha value is -2.53. The molecule has 3 aromatic carbocycles. The van der Waals surface area contributed by atoms with Crippen molar-refractivity contribution in [2.75, 3.05) is 28.2 Å². The fourth-order valence-corrected chi connectivity index (χ4v) is 4.03. The first kappa shape index (κ1) is 24.7. The van der Waals surface area contributed by atoms with Crippen molar-refractivity contribution in [3.63, 3.8) is 0 Å². The number of rotatable bonds is 6. The molecule has 31 heavy (non-hydrogen) atoms. The summed E-state index contributed by atoms with van der Waals surface area (Å²) in [5.41, 5.74) is 2.28. The lowest BCUT2D eigenvalue weighted by Gasteiger charge is -2.43. The molecule has 0 radical (unpaired) electrons. The summed E-state index contributed by atoms with van der Waals surface area (Å²) >= 11 is 0. The van der Waals surface area contributed by atoms with Crippen molar-refractivity contribution in [1.29, 1.82) is 0 Å². The first-order valence-electron chi connectivity index (χ1n) is 10.8. The monoisotopic (exact) mass is 427 g/mol. The molecule has 0 spiro atoms. The molecule has 0 bridgehead atoms. The average Bonchev–Trinajstić information content (AvgIpc) is 2.68. The van der Waals surface area contributed by atoms with Gasteiger partial charge in [0.15, 0.2) is 0 Å². The number of hydrogen-bond acceptors (Lipinski definition) is 0. The van der Waals surface area contributed by atoms with Gasteiger partial charge in [0.2, 0.25) is 0 Å². The summed E-state index contributed by atoms with van der Waals surface area (Å²) in [6.45, 7) is 2.07. The number of unbranched alkanes of at least 4 members (excludes halogenated alkanes) is 1. The third-order valence-corrected chi connectivity index (χ3v) is 5.24. The van der Waals surface area contributed by atoms with Gasteiger partial charge in [0.25, 0.3) is 0 Å². The molecule has 0 N–H and O–H groups in total. The van der Waals surface area contributed by atoms with E-state index < -0.39 is 6.15 Å². The third kappa shape index (κ3) is 7.00. The minimum absolute atomic E-state index is 0.349. The largest absolute Gasteiger partial charge is 0.333 e. The van der Waals surface area contributed by atoms with Crippen LogP contribution in [0, 0.1) is 17.5 Å². The van der Waals surface area contributed by atoms with Crippen LogP contribution in [-0.2, 0) is 0 Å². The van der Waals surface area contributed by atoms with E-state index >= 15 is 0 Å². The molecule has 1 nitrogen and oxygen atoms in total. The van der Waals surface area contributed by atoms with E-state index in [-0.39, 0.29) is 17.5 Å². The second-order valence-electron chi connectivity index (χ2n) is 9.54. The molecular weight excluding hydrogens is 394 g/mol. The van der Waals surface area contributed by atoms with Gasteiger partial charge < -0.3 is 4.48 Å². The number of benzene rings is 3. The van der Waals surface area contributed by atoms with Gasteiger partial charge in [-0.25, -0.2) is 13.2 Å². The molecule has 166 valence electrons. The van der Waals surface area contributed by atoms with Crippen molar-refractivity contribution in [2.45, 2.75) is 26.1 Å². The molecule has 0 saturated heterocycles. The van der Waals surface area contributed by atoms with Crippen LogP contribution in [0.3, 0.4) is 0 Å². The fourth-order valence-electron chi connectivity index (χ4n) is 4.03. The zero-order chi connectivity index (χ0) is 23.1. The van der Waals surface area contributed by atoms with Crippen molar-refractivity contribution < 1.29 is 17.7 Å². The van der Waals surface area contributed by atoms with Gasteiger partial charge in [0.05, 0.1) is 34.3 Å². The lowest BCUT2D eigenvalue weighted by Crippen LogP contribution is -2.67. The lowest BCUT2D eigenvalue weighted by molar-refractivity contribution is -0.849. The highest BCUT2D eigenvalue weighted by atomic mass is 19.1. The summed E-state index contributed by atoms with van der Waals surface area (Å²) in [5.74, 6) is -1.05. The van der Waals surface area contributed by atoms with Crippen LogP contribution in [0.4, 0.5) is 13.2 Å². The van der Waals surface area contributed by atoms with Crippen LogP contribution in [0.2, 0.25) is 6.32 Å². The highest BCUT2D eigenvalue weighted by Gasteiger charge is 2.30. The van der Waals surface area contributed by atoms with E-state index in [2.05, 4.69) is 35.1 Å². The highest BCUT2D eigenvalue weighted by Crippen LogP contribution is 2.18. The Bertz CT molecular complexity index is 865. The minimum atomic E-state index is -1.69. The molecule has 0 atom stereocenters. The zero-order valence-corrected chi connectivity index (χ0v) is 19.2. The van der Waals surface area contributed by atoms with E-state index in [1.165, 1.54) is 36.4 Å². The highest BCUT2D eigenvalue weighted by molar-refractivity contribution is 7.11. The summed E-state index contributed by atoms with van der Waals surface area (Å²) in [7, 11) is 8.50. The maximum Gasteiger partial charge on any atom is 0.120 e. The first-order chi connectivity index (χ1) is 14.6. The predicted octanol–water partition coefficient (Wildman–Crippen LogP) is 4.70. The van der Waals surface area contributed by atoms with Crippen LogP contribution in [0.15, 0.2) is 72.8 Å². The van der Waals surface area contributed by atoms with E-state index in [1.54, 1.807) is 18.2 Å². The molecule has 0 fully saturated rings.